The van der Waals surface area contributed by atoms with Crippen molar-refractivity contribution in [2.24, 2.45) is 5.92 Å². The summed E-state index contributed by atoms with van der Waals surface area (Å²) in [6, 6.07) is 7.63. The highest BCUT2D eigenvalue weighted by atomic mass is 16.5. The Bertz CT molecular complexity index is 386. The molecule has 1 aromatic rings. The van der Waals surface area contributed by atoms with E-state index in [1.165, 1.54) is 0 Å². The molecule has 3 heteroatoms. The van der Waals surface area contributed by atoms with E-state index in [1.54, 1.807) is 6.92 Å². The van der Waals surface area contributed by atoms with E-state index in [9.17, 15) is 4.79 Å². The van der Waals surface area contributed by atoms with E-state index < -0.39 is 0 Å². The third-order valence-corrected chi connectivity index (χ3v) is 3.39. The summed E-state index contributed by atoms with van der Waals surface area (Å²) in [5.41, 5.74) is 1.82. The molecule has 0 amide bonds. The van der Waals surface area contributed by atoms with E-state index in [-0.39, 0.29) is 5.78 Å². The number of nitrogens with one attached hydrogen (secondary N) is 1. The van der Waals surface area contributed by atoms with Crippen LogP contribution in [0.4, 0.5) is 5.69 Å². The standard InChI is InChI=1S/C14H19NO2/c1-10(16)12-3-5-14(6-4-12)15-9-13-7-8-17-11(13)2/h3-6,11,13,15H,7-9H2,1-2H3. The molecule has 1 saturated heterocycles. The van der Waals surface area contributed by atoms with Crippen molar-refractivity contribution in [3.8, 4) is 0 Å². The fourth-order valence-electron chi connectivity index (χ4n) is 2.12. The smallest absolute Gasteiger partial charge is 0.159 e. The number of carbonyl (C=O) groups excluding carboxylic acids is 1. The van der Waals surface area contributed by atoms with Crippen molar-refractivity contribution < 1.29 is 9.53 Å². The van der Waals surface area contributed by atoms with Gasteiger partial charge in [0, 0.05) is 30.3 Å². The number of rotatable bonds is 4. The van der Waals surface area contributed by atoms with Crippen LogP contribution in [0.3, 0.4) is 0 Å². The first-order chi connectivity index (χ1) is 8.16. The molecule has 1 heterocycles. The minimum Gasteiger partial charge on any atom is -0.385 e. The molecule has 1 aromatic carbocycles. The van der Waals surface area contributed by atoms with Gasteiger partial charge in [-0.05, 0) is 44.5 Å². The number of anilines is 1. The number of ketones is 1. The topological polar surface area (TPSA) is 38.3 Å². The Morgan fingerprint density at radius 2 is 2.12 bits per heavy atom. The Hall–Kier alpha value is -1.35. The molecule has 92 valence electrons. The minimum absolute atomic E-state index is 0.106. The van der Waals surface area contributed by atoms with Gasteiger partial charge in [0.1, 0.15) is 0 Å². The van der Waals surface area contributed by atoms with E-state index in [4.69, 9.17) is 4.74 Å². The van der Waals surface area contributed by atoms with Crippen molar-refractivity contribution in [1.29, 1.82) is 0 Å². The summed E-state index contributed by atoms with van der Waals surface area (Å²) in [6.07, 6.45) is 1.47. The van der Waals surface area contributed by atoms with Crippen molar-refractivity contribution in [2.45, 2.75) is 26.4 Å². The summed E-state index contributed by atoms with van der Waals surface area (Å²) in [4.78, 5) is 11.1. The molecule has 0 aromatic heterocycles. The summed E-state index contributed by atoms with van der Waals surface area (Å²) in [5, 5.41) is 3.39. The first-order valence-electron chi connectivity index (χ1n) is 6.13. The Morgan fingerprint density at radius 3 is 2.65 bits per heavy atom. The highest BCUT2D eigenvalue weighted by Crippen LogP contribution is 2.21. The van der Waals surface area contributed by atoms with Gasteiger partial charge in [0.2, 0.25) is 0 Å². The summed E-state index contributed by atoms with van der Waals surface area (Å²) < 4.78 is 5.52. The third kappa shape index (κ3) is 3.07. The largest absolute Gasteiger partial charge is 0.385 e. The van der Waals surface area contributed by atoms with Gasteiger partial charge in [-0.15, -0.1) is 0 Å². The normalized spacial score (nSPS) is 23.6. The quantitative estimate of drug-likeness (QED) is 0.813. The molecule has 0 bridgehead atoms. The first-order valence-corrected chi connectivity index (χ1v) is 6.13. The van der Waals surface area contributed by atoms with E-state index in [0.29, 0.717) is 12.0 Å². The number of carbonyl (C=O) groups is 1. The molecular formula is C14H19NO2. The highest BCUT2D eigenvalue weighted by molar-refractivity contribution is 5.94. The summed E-state index contributed by atoms with van der Waals surface area (Å²) >= 11 is 0. The van der Waals surface area contributed by atoms with Gasteiger partial charge in [-0.2, -0.15) is 0 Å². The van der Waals surface area contributed by atoms with Crippen molar-refractivity contribution in [3.63, 3.8) is 0 Å². The lowest BCUT2D eigenvalue weighted by Crippen LogP contribution is -2.20. The second kappa shape index (κ2) is 5.32. The second-order valence-corrected chi connectivity index (χ2v) is 4.64. The number of benzene rings is 1. The zero-order valence-electron chi connectivity index (χ0n) is 10.4. The predicted molar refractivity (Wildman–Crippen MR) is 68.5 cm³/mol. The van der Waals surface area contributed by atoms with Crippen molar-refractivity contribution in [1.82, 2.24) is 0 Å². The molecule has 0 aliphatic carbocycles. The maximum atomic E-state index is 11.1. The molecule has 2 atom stereocenters. The molecule has 17 heavy (non-hydrogen) atoms. The first kappa shape index (κ1) is 12.1. The van der Waals surface area contributed by atoms with Crippen molar-refractivity contribution in [3.05, 3.63) is 29.8 Å². The Balaban J connectivity index is 1.88. The van der Waals surface area contributed by atoms with Crippen LogP contribution in [0.5, 0.6) is 0 Å². The van der Waals surface area contributed by atoms with Crippen LogP contribution in [0.15, 0.2) is 24.3 Å². The molecule has 1 fully saturated rings. The summed E-state index contributed by atoms with van der Waals surface area (Å²) in [5.74, 6) is 0.692. The lowest BCUT2D eigenvalue weighted by molar-refractivity contribution is 0.101. The lowest BCUT2D eigenvalue weighted by Gasteiger charge is -2.15. The third-order valence-electron chi connectivity index (χ3n) is 3.39. The molecule has 0 saturated carbocycles. The summed E-state index contributed by atoms with van der Waals surface area (Å²) in [7, 11) is 0. The van der Waals surface area contributed by atoms with Crippen molar-refractivity contribution in [2.75, 3.05) is 18.5 Å². The maximum Gasteiger partial charge on any atom is 0.159 e. The molecule has 1 aliphatic heterocycles. The number of hydrogen-bond donors (Lipinski definition) is 1. The molecule has 2 unspecified atom stereocenters. The van der Waals surface area contributed by atoms with Crippen LogP contribution < -0.4 is 5.32 Å². The highest BCUT2D eigenvalue weighted by Gasteiger charge is 2.23. The van der Waals surface area contributed by atoms with Gasteiger partial charge < -0.3 is 10.1 Å². The fraction of sp³-hybridized carbons (Fsp3) is 0.500. The van der Waals surface area contributed by atoms with Crippen LogP contribution in [0, 0.1) is 5.92 Å². The number of Topliss-reactive ketones (excluding diaryl/α,β-unsaturated/α-hetero) is 1. The Kier molecular flexibility index (Phi) is 3.79. The molecule has 2 rings (SSSR count). The van der Waals surface area contributed by atoms with Gasteiger partial charge >= 0.3 is 0 Å². The van der Waals surface area contributed by atoms with Gasteiger partial charge in [-0.3, -0.25) is 4.79 Å². The zero-order chi connectivity index (χ0) is 12.3. The second-order valence-electron chi connectivity index (χ2n) is 4.64. The van der Waals surface area contributed by atoms with E-state index in [0.717, 1.165) is 30.8 Å². The molecule has 0 spiro atoms. The molecule has 1 aliphatic rings. The van der Waals surface area contributed by atoms with Gasteiger partial charge in [-0.25, -0.2) is 0 Å². The average molecular weight is 233 g/mol. The van der Waals surface area contributed by atoms with Crippen LogP contribution in [0.25, 0.3) is 0 Å². The fourth-order valence-corrected chi connectivity index (χ4v) is 2.12. The molecule has 1 N–H and O–H groups in total. The molecule has 0 radical (unpaired) electrons. The monoisotopic (exact) mass is 233 g/mol. The maximum absolute atomic E-state index is 11.1. The van der Waals surface area contributed by atoms with Crippen molar-refractivity contribution >= 4 is 11.5 Å². The van der Waals surface area contributed by atoms with Gasteiger partial charge in [-0.1, -0.05) is 0 Å². The van der Waals surface area contributed by atoms with Crippen LogP contribution in [0.2, 0.25) is 0 Å². The SMILES string of the molecule is CC(=O)c1ccc(NCC2CCOC2C)cc1. The van der Waals surface area contributed by atoms with Gasteiger partial charge in [0.15, 0.2) is 5.78 Å². The molecular weight excluding hydrogens is 214 g/mol. The van der Waals surface area contributed by atoms with Crippen LogP contribution in [-0.4, -0.2) is 25.0 Å². The average Bonchev–Trinajstić information content (AvgIpc) is 2.73. The Morgan fingerprint density at radius 1 is 1.41 bits per heavy atom. The van der Waals surface area contributed by atoms with Crippen LogP contribution in [-0.2, 0) is 4.74 Å². The van der Waals surface area contributed by atoms with Gasteiger partial charge in [0.25, 0.3) is 0 Å². The van der Waals surface area contributed by atoms with Crippen LogP contribution >= 0.6 is 0 Å². The number of ether oxygens (including phenoxy) is 1. The van der Waals surface area contributed by atoms with E-state index in [2.05, 4.69) is 12.2 Å². The summed E-state index contributed by atoms with van der Waals surface area (Å²) in [6.45, 7) is 5.51. The van der Waals surface area contributed by atoms with Crippen LogP contribution in [0.1, 0.15) is 30.6 Å². The number of hydrogen-bond acceptors (Lipinski definition) is 3. The molecule has 3 nitrogen and oxygen atoms in total. The zero-order valence-corrected chi connectivity index (χ0v) is 10.4. The minimum atomic E-state index is 0.106. The van der Waals surface area contributed by atoms with E-state index in [1.807, 2.05) is 24.3 Å². The van der Waals surface area contributed by atoms with E-state index >= 15 is 0 Å². The Labute approximate surface area is 102 Å². The predicted octanol–water partition coefficient (Wildman–Crippen LogP) is 2.73. The van der Waals surface area contributed by atoms with Gasteiger partial charge in [0.05, 0.1) is 6.10 Å². The lowest BCUT2D eigenvalue weighted by atomic mass is 10.0.